The summed E-state index contributed by atoms with van der Waals surface area (Å²) in [5.74, 6) is 0. The third-order valence-electron chi connectivity index (χ3n) is 2.74. The van der Waals surface area contributed by atoms with Gasteiger partial charge in [-0.15, -0.1) is 0 Å². The lowest BCUT2D eigenvalue weighted by Gasteiger charge is -2.33. The van der Waals surface area contributed by atoms with Crippen LogP contribution < -0.4 is 5.32 Å². The van der Waals surface area contributed by atoms with Crippen LogP contribution in [0.5, 0.6) is 0 Å². The molecule has 1 heterocycles. The van der Waals surface area contributed by atoms with Gasteiger partial charge in [-0.05, 0) is 31.9 Å². The highest BCUT2D eigenvalue weighted by Gasteiger charge is 2.30. The zero-order chi connectivity index (χ0) is 9.47. The highest BCUT2D eigenvalue weighted by atomic mass is 16.3. The van der Waals surface area contributed by atoms with E-state index >= 15 is 0 Å². The van der Waals surface area contributed by atoms with Gasteiger partial charge in [0.25, 0.3) is 0 Å². The summed E-state index contributed by atoms with van der Waals surface area (Å²) < 4.78 is 0. The molecule has 0 aromatic heterocycles. The SMILES string of the molecule is Cc1cccc2c1C(C)(O)CCN2. The van der Waals surface area contributed by atoms with Crippen molar-refractivity contribution in [3.63, 3.8) is 0 Å². The van der Waals surface area contributed by atoms with Crippen molar-refractivity contribution in [2.45, 2.75) is 25.9 Å². The van der Waals surface area contributed by atoms with Crippen molar-refractivity contribution < 1.29 is 5.11 Å². The van der Waals surface area contributed by atoms with Gasteiger partial charge in [-0.3, -0.25) is 0 Å². The van der Waals surface area contributed by atoms with Gasteiger partial charge in [-0.2, -0.15) is 0 Å². The first-order valence-corrected chi connectivity index (χ1v) is 4.67. The minimum atomic E-state index is -0.661. The lowest BCUT2D eigenvalue weighted by Crippen LogP contribution is -2.31. The quantitative estimate of drug-likeness (QED) is 0.635. The Morgan fingerprint density at radius 2 is 2.23 bits per heavy atom. The summed E-state index contributed by atoms with van der Waals surface area (Å²) in [4.78, 5) is 0. The normalized spacial score (nSPS) is 26.4. The lowest BCUT2D eigenvalue weighted by atomic mass is 9.85. The van der Waals surface area contributed by atoms with E-state index < -0.39 is 5.60 Å². The van der Waals surface area contributed by atoms with E-state index in [4.69, 9.17) is 0 Å². The largest absolute Gasteiger partial charge is 0.385 e. The number of aliphatic hydroxyl groups is 1. The first kappa shape index (κ1) is 8.57. The Hall–Kier alpha value is -1.02. The molecule has 1 aromatic rings. The monoisotopic (exact) mass is 177 g/mol. The standard InChI is InChI=1S/C11H15NO/c1-8-4-3-5-9-10(8)11(2,13)6-7-12-9/h3-5,12-13H,6-7H2,1-2H3. The van der Waals surface area contributed by atoms with Crippen LogP contribution in [0.2, 0.25) is 0 Å². The maximum absolute atomic E-state index is 10.2. The lowest BCUT2D eigenvalue weighted by molar-refractivity contribution is 0.0482. The van der Waals surface area contributed by atoms with E-state index in [0.29, 0.717) is 0 Å². The highest BCUT2D eigenvalue weighted by molar-refractivity contribution is 5.58. The Labute approximate surface area is 78.6 Å². The van der Waals surface area contributed by atoms with Gasteiger partial charge >= 0.3 is 0 Å². The Morgan fingerprint density at radius 1 is 1.46 bits per heavy atom. The van der Waals surface area contributed by atoms with E-state index in [1.807, 2.05) is 32.0 Å². The summed E-state index contributed by atoms with van der Waals surface area (Å²) in [6.45, 7) is 4.78. The van der Waals surface area contributed by atoms with Gasteiger partial charge in [0.15, 0.2) is 0 Å². The fraction of sp³-hybridized carbons (Fsp3) is 0.455. The number of hydrogen-bond acceptors (Lipinski definition) is 2. The molecule has 2 N–H and O–H groups in total. The second-order valence-electron chi connectivity index (χ2n) is 3.95. The van der Waals surface area contributed by atoms with Crippen LogP contribution in [0.3, 0.4) is 0 Å². The Morgan fingerprint density at radius 3 is 2.92 bits per heavy atom. The van der Waals surface area contributed by atoms with Gasteiger partial charge in [-0.1, -0.05) is 12.1 Å². The van der Waals surface area contributed by atoms with E-state index in [1.165, 1.54) is 0 Å². The van der Waals surface area contributed by atoms with Crippen molar-refractivity contribution in [1.29, 1.82) is 0 Å². The molecule has 0 bridgehead atoms. The maximum atomic E-state index is 10.2. The summed E-state index contributed by atoms with van der Waals surface area (Å²) >= 11 is 0. The zero-order valence-electron chi connectivity index (χ0n) is 8.09. The van der Waals surface area contributed by atoms with Crippen LogP contribution in [0.4, 0.5) is 5.69 Å². The molecule has 0 radical (unpaired) electrons. The van der Waals surface area contributed by atoms with Crippen LogP contribution in [0.1, 0.15) is 24.5 Å². The molecule has 2 heteroatoms. The number of fused-ring (bicyclic) bond motifs is 1. The summed E-state index contributed by atoms with van der Waals surface area (Å²) in [6, 6.07) is 6.08. The molecule has 0 fully saturated rings. The molecule has 1 unspecified atom stereocenters. The van der Waals surface area contributed by atoms with E-state index in [2.05, 4.69) is 5.32 Å². The third kappa shape index (κ3) is 1.31. The minimum absolute atomic E-state index is 0.661. The molecule has 13 heavy (non-hydrogen) atoms. The first-order valence-electron chi connectivity index (χ1n) is 4.67. The van der Waals surface area contributed by atoms with Crippen LogP contribution >= 0.6 is 0 Å². The van der Waals surface area contributed by atoms with E-state index in [0.717, 1.165) is 29.8 Å². The molecule has 1 aliphatic rings. The van der Waals surface area contributed by atoms with Crippen molar-refractivity contribution in [2.24, 2.45) is 0 Å². The number of nitrogens with one attached hydrogen (secondary N) is 1. The van der Waals surface area contributed by atoms with Gasteiger partial charge in [0.2, 0.25) is 0 Å². The zero-order valence-corrected chi connectivity index (χ0v) is 8.09. The number of aryl methyl sites for hydroxylation is 1. The number of hydrogen-bond donors (Lipinski definition) is 2. The van der Waals surface area contributed by atoms with Crippen LogP contribution in [-0.4, -0.2) is 11.7 Å². The molecule has 0 saturated carbocycles. The highest BCUT2D eigenvalue weighted by Crippen LogP contribution is 2.36. The van der Waals surface area contributed by atoms with Crippen LogP contribution in [-0.2, 0) is 5.60 Å². The Kier molecular flexibility index (Phi) is 1.81. The van der Waals surface area contributed by atoms with Gasteiger partial charge < -0.3 is 10.4 Å². The second-order valence-corrected chi connectivity index (χ2v) is 3.95. The number of benzene rings is 1. The average molecular weight is 177 g/mol. The summed E-state index contributed by atoms with van der Waals surface area (Å²) in [5, 5.41) is 13.5. The molecule has 1 aromatic carbocycles. The molecule has 0 spiro atoms. The Bertz CT molecular complexity index is 331. The van der Waals surface area contributed by atoms with Gasteiger partial charge in [0, 0.05) is 17.8 Å². The molecule has 1 aliphatic heterocycles. The van der Waals surface area contributed by atoms with Gasteiger partial charge in [-0.25, -0.2) is 0 Å². The molecule has 2 rings (SSSR count). The van der Waals surface area contributed by atoms with Gasteiger partial charge in [0.05, 0.1) is 5.60 Å². The fourth-order valence-electron chi connectivity index (χ4n) is 2.10. The molecule has 0 saturated heterocycles. The van der Waals surface area contributed by atoms with Crippen molar-refractivity contribution in [3.8, 4) is 0 Å². The number of anilines is 1. The van der Waals surface area contributed by atoms with E-state index in [-0.39, 0.29) is 0 Å². The van der Waals surface area contributed by atoms with Crippen molar-refractivity contribution >= 4 is 5.69 Å². The molecular weight excluding hydrogens is 162 g/mol. The summed E-state index contributed by atoms with van der Waals surface area (Å²) in [7, 11) is 0. The van der Waals surface area contributed by atoms with Crippen LogP contribution in [0, 0.1) is 6.92 Å². The average Bonchev–Trinajstić information content (AvgIpc) is 2.02. The second kappa shape index (κ2) is 2.74. The topological polar surface area (TPSA) is 32.3 Å². The molecule has 70 valence electrons. The first-order chi connectivity index (χ1) is 6.11. The van der Waals surface area contributed by atoms with Crippen molar-refractivity contribution in [2.75, 3.05) is 11.9 Å². The van der Waals surface area contributed by atoms with Crippen LogP contribution in [0.15, 0.2) is 18.2 Å². The summed E-state index contributed by atoms with van der Waals surface area (Å²) in [5.41, 5.74) is 2.64. The maximum Gasteiger partial charge on any atom is 0.0907 e. The Balaban J connectivity index is 2.61. The predicted molar refractivity (Wildman–Crippen MR) is 53.9 cm³/mol. The van der Waals surface area contributed by atoms with Crippen molar-refractivity contribution in [3.05, 3.63) is 29.3 Å². The summed E-state index contributed by atoms with van der Waals surface area (Å²) in [6.07, 6.45) is 0.783. The third-order valence-corrected chi connectivity index (χ3v) is 2.74. The van der Waals surface area contributed by atoms with Crippen LogP contribution in [0.25, 0.3) is 0 Å². The number of rotatable bonds is 0. The smallest absolute Gasteiger partial charge is 0.0907 e. The predicted octanol–water partition coefficient (Wildman–Crippen LogP) is 2.02. The molecule has 0 aliphatic carbocycles. The molecule has 1 atom stereocenters. The molecule has 0 amide bonds. The molecular formula is C11H15NO. The minimum Gasteiger partial charge on any atom is -0.385 e. The fourth-order valence-corrected chi connectivity index (χ4v) is 2.10. The van der Waals surface area contributed by atoms with E-state index in [9.17, 15) is 5.11 Å². The van der Waals surface area contributed by atoms with Gasteiger partial charge in [0.1, 0.15) is 0 Å². The molecule has 2 nitrogen and oxygen atoms in total. The van der Waals surface area contributed by atoms with Crippen molar-refractivity contribution in [1.82, 2.24) is 0 Å². The van der Waals surface area contributed by atoms with E-state index in [1.54, 1.807) is 0 Å².